The molecule has 1 amide bonds. The number of anilines is 1. The van der Waals surface area contributed by atoms with Crippen molar-refractivity contribution in [3.63, 3.8) is 0 Å². The molecule has 2 unspecified atom stereocenters. The molecule has 204 valence electrons. The summed E-state index contributed by atoms with van der Waals surface area (Å²) in [6.07, 6.45) is 2.21. The third-order valence-electron chi connectivity index (χ3n) is 7.55. The third kappa shape index (κ3) is 7.63. The molecule has 0 aromatic heterocycles. The molecule has 3 N–H and O–H groups in total. The lowest BCUT2D eigenvalue weighted by molar-refractivity contribution is -0.131. The number of carbonyl (C=O) groups is 2. The molecule has 2 rings (SSSR count). The maximum Gasteiger partial charge on any atom is 0.229 e. The van der Waals surface area contributed by atoms with Crippen molar-refractivity contribution in [1.82, 2.24) is 15.1 Å². The Morgan fingerprint density at radius 1 is 0.973 bits per heavy atom. The highest BCUT2D eigenvalue weighted by Crippen LogP contribution is 2.29. The Kier molecular flexibility index (Phi) is 11.8. The molecule has 0 aliphatic rings. The van der Waals surface area contributed by atoms with Gasteiger partial charge in [0, 0.05) is 45.0 Å². The number of amides is 1. The molecule has 7 heteroatoms. The van der Waals surface area contributed by atoms with Gasteiger partial charge in [-0.25, -0.2) is 0 Å². The van der Waals surface area contributed by atoms with Crippen LogP contribution in [-0.2, 0) is 11.2 Å². The number of benzene rings is 2. The number of rotatable bonds is 15. The molecule has 0 fully saturated rings. The maximum atomic E-state index is 13.9. The smallest absolute Gasteiger partial charge is 0.229 e. The fourth-order valence-corrected chi connectivity index (χ4v) is 4.76. The van der Waals surface area contributed by atoms with Gasteiger partial charge < -0.3 is 20.9 Å². The van der Waals surface area contributed by atoms with Gasteiger partial charge >= 0.3 is 0 Å². The van der Waals surface area contributed by atoms with E-state index in [2.05, 4.69) is 29.3 Å². The summed E-state index contributed by atoms with van der Waals surface area (Å²) in [5, 5.41) is 3.08. The summed E-state index contributed by atoms with van der Waals surface area (Å²) in [6, 6.07) is 16.1. The molecule has 2 aromatic carbocycles. The lowest BCUT2D eigenvalue weighted by Crippen LogP contribution is -2.52. The zero-order valence-electron chi connectivity index (χ0n) is 23.9. The number of Topliss-reactive ketones (excluding diaryl/α,β-unsaturated/α-hetero) is 1. The van der Waals surface area contributed by atoms with E-state index in [4.69, 9.17) is 5.73 Å². The van der Waals surface area contributed by atoms with Crippen molar-refractivity contribution in [1.29, 1.82) is 0 Å². The molecule has 0 spiro atoms. The second-order valence-corrected chi connectivity index (χ2v) is 10.2. The zero-order chi connectivity index (χ0) is 27.6. The number of likely N-dealkylation sites (N-methyl/N-ethyl adjacent to an activating group) is 3. The summed E-state index contributed by atoms with van der Waals surface area (Å²) >= 11 is 0. The van der Waals surface area contributed by atoms with Gasteiger partial charge in [-0.15, -0.1) is 0 Å². The number of ketones is 1. The van der Waals surface area contributed by atoms with E-state index >= 15 is 0 Å². The molecule has 7 nitrogen and oxygen atoms in total. The lowest BCUT2D eigenvalue weighted by atomic mass is 9.80. The topological polar surface area (TPSA) is 81.9 Å². The molecule has 2 atom stereocenters. The number of nitrogens with one attached hydrogen (secondary N) is 1. The Bertz CT molecular complexity index is 990. The number of carbonyl (C=O) groups excluding carboxylic acids is 2. The van der Waals surface area contributed by atoms with Crippen LogP contribution in [0.1, 0.15) is 54.1 Å². The van der Waals surface area contributed by atoms with Crippen LogP contribution < -0.4 is 16.0 Å². The highest BCUT2D eigenvalue weighted by molar-refractivity contribution is 6.03. The van der Waals surface area contributed by atoms with Crippen molar-refractivity contribution < 1.29 is 9.59 Å². The predicted octanol–water partition coefficient (Wildman–Crippen LogP) is 3.39. The second kappa shape index (κ2) is 14.3. The van der Waals surface area contributed by atoms with E-state index in [1.807, 2.05) is 83.5 Å². The predicted molar refractivity (Wildman–Crippen MR) is 155 cm³/mol. The Morgan fingerprint density at radius 3 is 2.11 bits per heavy atom. The Balaban J connectivity index is 2.22. The largest absolute Gasteiger partial charge is 0.375 e. The van der Waals surface area contributed by atoms with Gasteiger partial charge in [-0.1, -0.05) is 31.2 Å². The molecular formula is C30H47N5O2. The van der Waals surface area contributed by atoms with Crippen molar-refractivity contribution >= 4 is 17.4 Å². The standard InChI is InChI=1S/C30H47N5O2/c1-8-30(33(4)5,28(36)26-14-16-27(17-15-26)34(6)20-9-18-31)22-24-10-12-25(13-11-24)23(2)29(37)35(7)21-19-32-3/h10-17,23,32H,8-9,18-22,31H2,1-7H3. The SMILES string of the molecule is CCC(Cc1ccc(C(C)C(=O)N(C)CCNC)cc1)(C(=O)c1ccc(N(C)CCCN)cc1)N(C)C. The van der Waals surface area contributed by atoms with Crippen LogP contribution in [0.4, 0.5) is 5.69 Å². The fraction of sp³-hybridized carbons (Fsp3) is 0.533. The quantitative estimate of drug-likeness (QED) is 0.358. The van der Waals surface area contributed by atoms with Gasteiger partial charge in [-0.05, 0) is 89.3 Å². The summed E-state index contributed by atoms with van der Waals surface area (Å²) in [6.45, 7) is 7.00. The minimum absolute atomic E-state index is 0.103. The van der Waals surface area contributed by atoms with Crippen LogP contribution in [0, 0.1) is 0 Å². The van der Waals surface area contributed by atoms with Gasteiger partial charge in [-0.3, -0.25) is 14.5 Å². The monoisotopic (exact) mass is 509 g/mol. The number of hydrogen-bond donors (Lipinski definition) is 2. The second-order valence-electron chi connectivity index (χ2n) is 10.2. The van der Waals surface area contributed by atoms with E-state index in [1.165, 1.54) is 0 Å². The summed E-state index contributed by atoms with van der Waals surface area (Å²) in [4.78, 5) is 32.7. The Labute approximate surface area is 224 Å². The summed E-state index contributed by atoms with van der Waals surface area (Å²) in [7, 11) is 9.72. The number of hydrogen-bond acceptors (Lipinski definition) is 6. The summed E-state index contributed by atoms with van der Waals surface area (Å²) in [5.41, 5.74) is 8.83. The maximum absolute atomic E-state index is 13.9. The van der Waals surface area contributed by atoms with Crippen molar-refractivity contribution in [3.05, 3.63) is 65.2 Å². The molecular weight excluding hydrogens is 462 g/mol. The van der Waals surface area contributed by atoms with Crippen molar-refractivity contribution in [3.8, 4) is 0 Å². The van der Waals surface area contributed by atoms with Gasteiger partial charge in [0.05, 0.1) is 11.5 Å². The minimum atomic E-state index is -0.663. The Hall–Kier alpha value is -2.74. The Morgan fingerprint density at radius 2 is 1.59 bits per heavy atom. The first-order valence-corrected chi connectivity index (χ1v) is 13.3. The van der Waals surface area contributed by atoms with Crippen molar-refractivity contribution in [2.45, 2.75) is 44.6 Å². The van der Waals surface area contributed by atoms with Crippen LogP contribution in [0.2, 0.25) is 0 Å². The van der Waals surface area contributed by atoms with Crippen LogP contribution in [0.3, 0.4) is 0 Å². The molecule has 37 heavy (non-hydrogen) atoms. The van der Waals surface area contributed by atoms with Crippen LogP contribution in [0.15, 0.2) is 48.5 Å². The van der Waals surface area contributed by atoms with Crippen LogP contribution in [0.5, 0.6) is 0 Å². The first kappa shape index (κ1) is 30.5. The van der Waals surface area contributed by atoms with Gasteiger partial charge in [-0.2, -0.15) is 0 Å². The van der Waals surface area contributed by atoms with E-state index in [-0.39, 0.29) is 17.6 Å². The number of nitrogens with two attached hydrogens (primary N) is 1. The van der Waals surface area contributed by atoms with E-state index in [9.17, 15) is 9.59 Å². The first-order chi connectivity index (χ1) is 17.6. The first-order valence-electron chi connectivity index (χ1n) is 13.3. The van der Waals surface area contributed by atoms with Crippen LogP contribution >= 0.6 is 0 Å². The zero-order valence-corrected chi connectivity index (χ0v) is 23.9. The highest BCUT2D eigenvalue weighted by Gasteiger charge is 2.39. The van der Waals surface area contributed by atoms with Crippen LogP contribution in [-0.4, -0.2) is 88.4 Å². The number of nitrogens with zero attached hydrogens (tertiary/aromatic N) is 3. The highest BCUT2D eigenvalue weighted by atomic mass is 16.2. The molecule has 2 aromatic rings. The minimum Gasteiger partial charge on any atom is -0.375 e. The molecule has 0 radical (unpaired) electrons. The molecule has 0 saturated heterocycles. The van der Waals surface area contributed by atoms with Crippen molar-refractivity contribution in [2.24, 2.45) is 5.73 Å². The molecule has 0 aliphatic heterocycles. The van der Waals surface area contributed by atoms with Gasteiger partial charge in [0.15, 0.2) is 5.78 Å². The average molecular weight is 510 g/mol. The van der Waals surface area contributed by atoms with Crippen molar-refractivity contribution in [2.75, 3.05) is 66.3 Å². The van der Waals surface area contributed by atoms with Gasteiger partial charge in [0.2, 0.25) is 5.91 Å². The molecule has 0 bridgehead atoms. The fourth-order valence-electron chi connectivity index (χ4n) is 4.76. The lowest BCUT2D eigenvalue weighted by Gasteiger charge is -2.38. The molecule has 0 aliphatic carbocycles. The van der Waals surface area contributed by atoms with E-state index in [0.717, 1.165) is 36.3 Å². The molecule has 0 saturated carbocycles. The van der Waals surface area contributed by atoms with E-state index in [0.29, 0.717) is 31.5 Å². The van der Waals surface area contributed by atoms with Crippen LogP contribution in [0.25, 0.3) is 0 Å². The molecule has 0 heterocycles. The van der Waals surface area contributed by atoms with E-state index < -0.39 is 5.54 Å². The summed E-state index contributed by atoms with van der Waals surface area (Å²) < 4.78 is 0. The van der Waals surface area contributed by atoms with Gasteiger partial charge in [0.25, 0.3) is 0 Å². The average Bonchev–Trinajstić information content (AvgIpc) is 2.92. The summed E-state index contributed by atoms with van der Waals surface area (Å²) in [5.74, 6) is 0.00486. The normalized spacial score (nSPS) is 13.8. The van der Waals surface area contributed by atoms with Gasteiger partial charge in [0.1, 0.15) is 0 Å². The third-order valence-corrected chi connectivity index (χ3v) is 7.55. The van der Waals surface area contributed by atoms with E-state index in [1.54, 1.807) is 4.90 Å².